The highest BCUT2D eigenvalue weighted by molar-refractivity contribution is 7.99. The summed E-state index contributed by atoms with van der Waals surface area (Å²) in [6.07, 6.45) is 0. The number of anilines is 2. The average molecular weight is 216 g/mol. The predicted molar refractivity (Wildman–Crippen MR) is 65.8 cm³/mol. The van der Waals surface area contributed by atoms with Crippen LogP contribution in [0.5, 0.6) is 0 Å². The molecule has 3 heteroatoms. The minimum absolute atomic E-state index is 0.778. The van der Waals surface area contributed by atoms with E-state index in [1.54, 1.807) is 11.8 Å². The maximum atomic E-state index is 5.85. The summed E-state index contributed by atoms with van der Waals surface area (Å²) in [5, 5.41) is 0. The number of rotatable bonds is 2. The van der Waals surface area contributed by atoms with Gasteiger partial charge in [0, 0.05) is 21.2 Å². The Hall–Kier alpha value is -1.61. The fraction of sp³-hybridized carbons (Fsp3) is 0. The van der Waals surface area contributed by atoms with Crippen LogP contribution in [-0.4, -0.2) is 0 Å². The van der Waals surface area contributed by atoms with E-state index in [0.29, 0.717) is 0 Å². The van der Waals surface area contributed by atoms with Gasteiger partial charge in [0.25, 0.3) is 0 Å². The van der Waals surface area contributed by atoms with Crippen LogP contribution in [0, 0.1) is 0 Å². The van der Waals surface area contributed by atoms with E-state index in [1.165, 1.54) is 0 Å². The first-order valence-corrected chi connectivity index (χ1v) is 5.45. The minimum atomic E-state index is 0.778. The summed E-state index contributed by atoms with van der Waals surface area (Å²) in [6, 6.07) is 15.6. The second kappa shape index (κ2) is 4.28. The van der Waals surface area contributed by atoms with Gasteiger partial charge in [0.05, 0.1) is 0 Å². The van der Waals surface area contributed by atoms with Crippen molar-refractivity contribution < 1.29 is 0 Å². The van der Waals surface area contributed by atoms with Gasteiger partial charge in [-0.2, -0.15) is 0 Å². The SMILES string of the molecule is Nc1ccc(Sc2ccccc2N)cc1. The van der Waals surface area contributed by atoms with Crippen LogP contribution >= 0.6 is 11.8 Å². The molecule has 0 atom stereocenters. The highest BCUT2D eigenvalue weighted by Gasteiger charge is 2.00. The lowest BCUT2D eigenvalue weighted by Gasteiger charge is -2.04. The molecule has 0 aromatic heterocycles. The van der Waals surface area contributed by atoms with Crippen LogP contribution < -0.4 is 11.5 Å². The third-order valence-electron chi connectivity index (χ3n) is 2.03. The summed E-state index contributed by atoms with van der Waals surface area (Å²) >= 11 is 1.64. The molecule has 0 aliphatic rings. The zero-order chi connectivity index (χ0) is 10.7. The van der Waals surface area contributed by atoms with Gasteiger partial charge in [-0.15, -0.1) is 0 Å². The van der Waals surface area contributed by atoms with Gasteiger partial charge in [-0.3, -0.25) is 0 Å². The van der Waals surface area contributed by atoms with Crippen LogP contribution in [0.25, 0.3) is 0 Å². The van der Waals surface area contributed by atoms with Crippen molar-refractivity contribution in [3.8, 4) is 0 Å². The van der Waals surface area contributed by atoms with Gasteiger partial charge in [-0.05, 0) is 36.4 Å². The van der Waals surface area contributed by atoms with Crippen molar-refractivity contribution in [3.63, 3.8) is 0 Å². The van der Waals surface area contributed by atoms with Gasteiger partial charge < -0.3 is 11.5 Å². The van der Waals surface area contributed by atoms with Crippen LogP contribution in [0.4, 0.5) is 11.4 Å². The van der Waals surface area contributed by atoms with Crippen molar-refractivity contribution in [3.05, 3.63) is 48.5 Å². The Bertz CT molecular complexity index is 451. The van der Waals surface area contributed by atoms with Crippen LogP contribution in [0.15, 0.2) is 58.3 Å². The molecule has 0 aliphatic carbocycles. The van der Waals surface area contributed by atoms with Crippen molar-refractivity contribution in [2.75, 3.05) is 11.5 Å². The van der Waals surface area contributed by atoms with Crippen molar-refractivity contribution >= 4 is 23.1 Å². The number of hydrogen-bond acceptors (Lipinski definition) is 3. The van der Waals surface area contributed by atoms with Gasteiger partial charge in [-0.25, -0.2) is 0 Å². The van der Waals surface area contributed by atoms with E-state index < -0.39 is 0 Å². The molecule has 4 N–H and O–H groups in total. The van der Waals surface area contributed by atoms with Gasteiger partial charge in [0.1, 0.15) is 0 Å². The third-order valence-corrected chi connectivity index (χ3v) is 3.13. The summed E-state index contributed by atoms with van der Waals surface area (Å²) in [5.74, 6) is 0. The quantitative estimate of drug-likeness (QED) is 0.759. The Balaban J connectivity index is 2.22. The molecule has 0 spiro atoms. The molecule has 0 fully saturated rings. The molecule has 0 aliphatic heterocycles. The maximum absolute atomic E-state index is 5.85. The molecule has 2 rings (SSSR count). The first-order valence-electron chi connectivity index (χ1n) is 4.63. The number of benzene rings is 2. The normalized spacial score (nSPS) is 10.1. The Morgan fingerprint density at radius 3 is 2.13 bits per heavy atom. The summed E-state index contributed by atoms with van der Waals surface area (Å²) < 4.78 is 0. The third kappa shape index (κ3) is 2.44. The second-order valence-corrected chi connectivity index (χ2v) is 4.32. The van der Waals surface area contributed by atoms with Crippen molar-refractivity contribution in [1.82, 2.24) is 0 Å². The lowest BCUT2D eigenvalue weighted by molar-refractivity contribution is 1.41. The molecule has 0 saturated carbocycles. The molecule has 0 heterocycles. The molecule has 2 aromatic carbocycles. The topological polar surface area (TPSA) is 52.0 Å². The number of para-hydroxylation sites is 1. The number of hydrogen-bond donors (Lipinski definition) is 2. The minimum Gasteiger partial charge on any atom is -0.399 e. The summed E-state index contributed by atoms with van der Waals surface area (Å²) in [6.45, 7) is 0. The van der Waals surface area contributed by atoms with Crippen molar-refractivity contribution in [2.24, 2.45) is 0 Å². The average Bonchev–Trinajstić information content (AvgIpc) is 2.25. The van der Waals surface area contributed by atoms with E-state index in [9.17, 15) is 0 Å². The summed E-state index contributed by atoms with van der Waals surface area (Å²) in [4.78, 5) is 2.21. The molecule has 0 amide bonds. The van der Waals surface area contributed by atoms with E-state index in [4.69, 9.17) is 11.5 Å². The number of nitrogens with two attached hydrogens (primary N) is 2. The summed E-state index contributed by atoms with van der Waals surface area (Å²) in [7, 11) is 0. The van der Waals surface area contributed by atoms with Crippen LogP contribution in [0.3, 0.4) is 0 Å². The molecule has 0 bridgehead atoms. The monoisotopic (exact) mass is 216 g/mol. The Morgan fingerprint density at radius 1 is 0.800 bits per heavy atom. The highest BCUT2D eigenvalue weighted by Crippen LogP contribution is 2.31. The Kier molecular flexibility index (Phi) is 2.83. The highest BCUT2D eigenvalue weighted by atomic mass is 32.2. The van der Waals surface area contributed by atoms with E-state index in [1.807, 2.05) is 48.5 Å². The molecule has 15 heavy (non-hydrogen) atoms. The second-order valence-electron chi connectivity index (χ2n) is 3.21. The molecule has 2 aromatic rings. The molecule has 2 nitrogen and oxygen atoms in total. The van der Waals surface area contributed by atoms with Crippen molar-refractivity contribution in [1.29, 1.82) is 0 Å². The zero-order valence-electron chi connectivity index (χ0n) is 8.18. The molecule has 0 radical (unpaired) electrons. The van der Waals surface area contributed by atoms with Gasteiger partial charge >= 0.3 is 0 Å². The zero-order valence-corrected chi connectivity index (χ0v) is 9.00. The van der Waals surface area contributed by atoms with Gasteiger partial charge in [-0.1, -0.05) is 23.9 Å². The largest absolute Gasteiger partial charge is 0.399 e. The Morgan fingerprint density at radius 2 is 1.47 bits per heavy atom. The molecular formula is C12H12N2S. The fourth-order valence-corrected chi connectivity index (χ4v) is 2.09. The Labute approximate surface area is 93.3 Å². The van der Waals surface area contributed by atoms with E-state index >= 15 is 0 Å². The van der Waals surface area contributed by atoms with E-state index in [-0.39, 0.29) is 0 Å². The van der Waals surface area contributed by atoms with Crippen LogP contribution in [0.2, 0.25) is 0 Å². The van der Waals surface area contributed by atoms with E-state index in [2.05, 4.69) is 0 Å². The summed E-state index contributed by atoms with van der Waals surface area (Å²) in [5.41, 5.74) is 13.1. The van der Waals surface area contributed by atoms with Gasteiger partial charge in [0.2, 0.25) is 0 Å². The molecule has 0 saturated heterocycles. The predicted octanol–water partition coefficient (Wildman–Crippen LogP) is 3.00. The standard InChI is InChI=1S/C12H12N2S/c13-9-5-7-10(8-6-9)15-12-4-2-1-3-11(12)14/h1-8H,13-14H2. The molecule has 76 valence electrons. The lowest BCUT2D eigenvalue weighted by atomic mass is 10.3. The van der Waals surface area contributed by atoms with Crippen molar-refractivity contribution in [2.45, 2.75) is 9.79 Å². The van der Waals surface area contributed by atoms with E-state index in [0.717, 1.165) is 21.2 Å². The van der Waals surface area contributed by atoms with Crippen LogP contribution in [0.1, 0.15) is 0 Å². The van der Waals surface area contributed by atoms with Gasteiger partial charge in [0.15, 0.2) is 0 Å². The first-order chi connectivity index (χ1) is 7.25. The number of nitrogen functional groups attached to an aromatic ring is 2. The lowest BCUT2D eigenvalue weighted by Crippen LogP contribution is -1.87. The maximum Gasteiger partial charge on any atom is 0.0455 e. The molecule has 0 unspecified atom stereocenters. The molecular weight excluding hydrogens is 204 g/mol. The fourth-order valence-electron chi connectivity index (χ4n) is 1.24. The first kappa shape index (κ1) is 9.93. The van der Waals surface area contributed by atoms with Crippen LogP contribution in [-0.2, 0) is 0 Å². The smallest absolute Gasteiger partial charge is 0.0455 e.